The summed E-state index contributed by atoms with van der Waals surface area (Å²) in [5.74, 6) is 0.888. The minimum Gasteiger partial charge on any atom is -0.356 e. The lowest BCUT2D eigenvalue weighted by Gasteiger charge is -2.35. The van der Waals surface area contributed by atoms with Crippen LogP contribution in [0, 0.1) is 13.8 Å². The average Bonchev–Trinajstić information content (AvgIpc) is 3.47. The molecule has 15 heteroatoms. The van der Waals surface area contributed by atoms with Crippen LogP contribution in [0.3, 0.4) is 0 Å². The predicted octanol–water partition coefficient (Wildman–Crippen LogP) is 3.05. The molecule has 44 heavy (non-hydrogen) atoms. The van der Waals surface area contributed by atoms with E-state index in [-0.39, 0.29) is 49.6 Å². The van der Waals surface area contributed by atoms with Crippen molar-refractivity contribution in [2.45, 2.75) is 26.7 Å². The van der Waals surface area contributed by atoms with Gasteiger partial charge in [-0.05, 0) is 31.6 Å². The molecular formula is C29H34ClN9O4S. The molecule has 0 bridgehead atoms. The molecule has 4 rings (SSSR count). The van der Waals surface area contributed by atoms with E-state index in [2.05, 4.69) is 47.7 Å². The summed E-state index contributed by atoms with van der Waals surface area (Å²) < 4.78 is 0. The molecule has 232 valence electrons. The monoisotopic (exact) mass is 639 g/mol. The number of aromatic nitrogens is 3. The number of aryl methyl sites for hydroxylation is 2. The van der Waals surface area contributed by atoms with E-state index in [0.717, 1.165) is 11.6 Å². The molecule has 1 saturated heterocycles. The van der Waals surface area contributed by atoms with Gasteiger partial charge in [0.15, 0.2) is 5.13 Å². The van der Waals surface area contributed by atoms with Crippen molar-refractivity contribution < 1.29 is 19.2 Å². The number of hydrogen-bond donors (Lipinski definition) is 4. The maximum atomic E-state index is 12.8. The van der Waals surface area contributed by atoms with Crippen molar-refractivity contribution in [2.24, 2.45) is 0 Å². The topological polar surface area (TPSA) is 162 Å². The number of benzene rings is 1. The maximum Gasteiger partial charge on any atom is 0.267 e. The van der Waals surface area contributed by atoms with E-state index >= 15 is 0 Å². The van der Waals surface area contributed by atoms with Gasteiger partial charge in [-0.25, -0.2) is 15.0 Å². The summed E-state index contributed by atoms with van der Waals surface area (Å²) in [6, 6.07) is 7.22. The van der Waals surface area contributed by atoms with Crippen molar-refractivity contribution >= 4 is 69.0 Å². The van der Waals surface area contributed by atoms with Crippen molar-refractivity contribution in [1.29, 1.82) is 0 Å². The predicted molar refractivity (Wildman–Crippen MR) is 171 cm³/mol. The molecule has 13 nitrogen and oxygen atoms in total. The Labute approximate surface area is 264 Å². The molecule has 4 N–H and O–H groups in total. The number of amides is 4. The number of nitrogens with one attached hydrogen (secondary N) is 4. The molecule has 0 saturated carbocycles. The average molecular weight is 640 g/mol. The Morgan fingerprint density at radius 2 is 1.80 bits per heavy atom. The van der Waals surface area contributed by atoms with Gasteiger partial charge in [0.05, 0.1) is 16.9 Å². The first-order valence-corrected chi connectivity index (χ1v) is 15.2. The summed E-state index contributed by atoms with van der Waals surface area (Å²) in [6.07, 6.45) is 2.96. The number of carbonyl (C=O) groups excluding carboxylic acids is 4. The normalized spacial score (nSPS) is 12.8. The van der Waals surface area contributed by atoms with Gasteiger partial charge in [0.2, 0.25) is 17.7 Å². The molecule has 1 aliphatic heterocycles. The SMILES string of the molecule is C=CC(=O)NCCC(=O)NCCC(=O)N1CCN(c2cc(Nc3ncc(C(=O)Nc4c(C)cccc4Cl)s3)nc(C)n2)CC1. The highest BCUT2D eigenvalue weighted by Gasteiger charge is 2.23. The van der Waals surface area contributed by atoms with Crippen molar-refractivity contribution in [3.63, 3.8) is 0 Å². The van der Waals surface area contributed by atoms with Crippen molar-refractivity contribution in [3.8, 4) is 0 Å². The lowest BCUT2D eigenvalue weighted by molar-refractivity contribution is -0.131. The van der Waals surface area contributed by atoms with Crippen LogP contribution in [-0.2, 0) is 14.4 Å². The Morgan fingerprint density at radius 1 is 1.05 bits per heavy atom. The fraction of sp³-hybridized carbons (Fsp3) is 0.345. The summed E-state index contributed by atoms with van der Waals surface area (Å²) in [6.45, 7) is 9.65. The molecular weight excluding hydrogens is 606 g/mol. The van der Waals surface area contributed by atoms with E-state index in [1.54, 1.807) is 17.9 Å². The van der Waals surface area contributed by atoms with Crippen LogP contribution in [0.25, 0.3) is 0 Å². The number of piperazine rings is 1. The van der Waals surface area contributed by atoms with E-state index in [9.17, 15) is 19.2 Å². The molecule has 1 aromatic carbocycles. The van der Waals surface area contributed by atoms with Crippen LogP contribution < -0.4 is 26.2 Å². The number of thiazole rings is 1. The fourth-order valence-corrected chi connectivity index (χ4v) is 5.39. The maximum absolute atomic E-state index is 12.8. The first-order chi connectivity index (χ1) is 21.1. The van der Waals surface area contributed by atoms with Crippen molar-refractivity contribution in [2.75, 3.05) is 54.8 Å². The third-order valence-corrected chi connectivity index (χ3v) is 7.93. The molecule has 0 radical (unpaired) electrons. The Hall–Kier alpha value is -4.56. The van der Waals surface area contributed by atoms with Crippen LogP contribution in [0.4, 0.5) is 22.5 Å². The lowest BCUT2D eigenvalue weighted by Crippen LogP contribution is -2.49. The number of hydrogen-bond acceptors (Lipinski definition) is 10. The molecule has 1 aliphatic rings. The molecule has 1 fully saturated rings. The highest BCUT2D eigenvalue weighted by atomic mass is 35.5. The highest BCUT2D eigenvalue weighted by molar-refractivity contribution is 7.17. The third kappa shape index (κ3) is 8.97. The van der Waals surface area contributed by atoms with E-state index < -0.39 is 0 Å². The summed E-state index contributed by atoms with van der Waals surface area (Å²) in [5.41, 5.74) is 1.42. The Bertz CT molecular complexity index is 1520. The summed E-state index contributed by atoms with van der Waals surface area (Å²) >= 11 is 7.43. The van der Waals surface area contributed by atoms with Gasteiger partial charge >= 0.3 is 0 Å². The molecule has 2 aromatic heterocycles. The standard InChI is InChI=1S/C29H34ClN9O4S/c1-4-24(40)31-10-8-25(41)32-11-9-26(42)39-14-12-38(13-15-39)23-16-22(34-19(3)35-23)36-29-33-17-21(44-29)28(43)37-27-18(2)6-5-7-20(27)30/h4-7,16-17H,1,8-15H2,2-3H3,(H,31,40)(H,32,41)(H,37,43)(H,33,34,35,36). The number of anilines is 4. The van der Waals surface area contributed by atoms with Gasteiger partial charge in [-0.2, -0.15) is 0 Å². The van der Waals surface area contributed by atoms with Gasteiger partial charge in [0.25, 0.3) is 5.91 Å². The van der Waals surface area contributed by atoms with E-state index in [0.29, 0.717) is 64.4 Å². The van der Waals surface area contributed by atoms with Gasteiger partial charge in [-0.1, -0.05) is 41.6 Å². The van der Waals surface area contributed by atoms with E-state index in [1.165, 1.54) is 17.5 Å². The van der Waals surface area contributed by atoms with E-state index in [4.69, 9.17) is 11.6 Å². The first kappa shape index (κ1) is 32.4. The van der Waals surface area contributed by atoms with Crippen LogP contribution in [0.5, 0.6) is 0 Å². The highest BCUT2D eigenvalue weighted by Crippen LogP contribution is 2.28. The second-order valence-electron chi connectivity index (χ2n) is 9.91. The molecule has 0 unspecified atom stereocenters. The molecule has 0 atom stereocenters. The molecule has 0 aliphatic carbocycles. The number of rotatable bonds is 12. The van der Waals surface area contributed by atoms with Crippen LogP contribution in [0.2, 0.25) is 5.02 Å². The number of nitrogens with zero attached hydrogens (tertiary/aromatic N) is 5. The summed E-state index contributed by atoms with van der Waals surface area (Å²) in [5, 5.41) is 12.2. The number of para-hydroxylation sites is 1. The van der Waals surface area contributed by atoms with Gasteiger partial charge in [-0.3, -0.25) is 19.2 Å². The van der Waals surface area contributed by atoms with Gasteiger partial charge in [-0.15, -0.1) is 0 Å². The summed E-state index contributed by atoms with van der Waals surface area (Å²) in [4.78, 5) is 66.1. The van der Waals surface area contributed by atoms with Crippen LogP contribution in [0.15, 0.2) is 43.1 Å². The Balaban J connectivity index is 1.26. The summed E-state index contributed by atoms with van der Waals surface area (Å²) in [7, 11) is 0. The fourth-order valence-electron chi connectivity index (χ4n) is 4.40. The Kier molecular flexibility index (Phi) is 11.2. The zero-order valence-electron chi connectivity index (χ0n) is 24.5. The second-order valence-corrected chi connectivity index (χ2v) is 11.3. The van der Waals surface area contributed by atoms with Gasteiger partial charge in [0, 0.05) is 58.2 Å². The second kappa shape index (κ2) is 15.3. The molecule has 3 heterocycles. The zero-order valence-corrected chi connectivity index (χ0v) is 26.1. The van der Waals surface area contributed by atoms with Gasteiger partial charge < -0.3 is 31.1 Å². The minimum atomic E-state index is -0.336. The van der Waals surface area contributed by atoms with Crippen molar-refractivity contribution in [3.05, 3.63) is 64.4 Å². The van der Waals surface area contributed by atoms with Crippen molar-refractivity contribution in [1.82, 2.24) is 30.5 Å². The minimum absolute atomic E-state index is 0.0422. The number of halogens is 1. The molecule has 0 spiro atoms. The largest absolute Gasteiger partial charge is 0.356 e. The van der Waals surface area contributed by atoms with Crippen LogP contribution in [0.1, 0.15) is 33.9 Å². The van der Waals surface area contributed by atoms with Gasteiger partial charge in [0.1, 0.15) is 22.3 Å². The molecule has 4 amide bonds. The lowest BCUT2D eigenvalue weighted by atomic mass is 10.2. The third-order valence-electron chi connectivity index (χ3n) is 6.70. The smallest absolute Gasteiger partial charge is 0.267 e. The van der Waals surface area contributed by atoms with E-state index in [1.807, 2.05) is 25.1 Å². The first-order valence-electron chi connectivity index (χ1n) is 14.0. The Morgan fingerprint density at radius 3 is 2.52 bits per heavy atom. The zero-order chi connectivity index (χ0) is 31.6. The molecule has 3 aromatic rings. The van der Waals surface area contributed by atoms with Crippen LogP contribution >= 0.6 is 22.9 Å². The number of carbonyl (C=O) groups is 4. The van der Waals surface area contributed by atoms with Crippen LogP contribution in [-0.4, -0.2) is 82.7 Å². The quantitative estimate of drug-likeness (QED) is 0.218.